The summed E-state index contributed by atoms with van der Waals surface area (Å²) in [7, 11) is 4.32. The number of hydrogen-bond acceptors (Lipinski definition) is 6. The van der Waals surface area contributed by atoms with Crippen molar-refractivity contribution in [1.29, 1.82) is 0 Å². The third-order valence-corrected chi connectivity index (χ3v) is 4.33. The number of nitrogens with one attached hydrogen (secondary N) is 3. The van der Waals surface area contributed by atoms with Crippen LogP contribution in [0.1, 0.15) is 30.6 Å². The average Bonchev–Trinajstić information content (AvgIpc) is 2.72. The first-order chi connectivity index (χ1) is 14.3. The van der Waals surface area contributed by atoms with Crippen molar-refractivity contribution in [2.24, 2.45) is 5.92 Å². The Morgan fingerprint density at radius 2 is 1.67 bits per heavy atom. The van der Waals surface area contributed by atoms with E-state index in [2.05, 4.69) is 16.0 Å². The third-order valence-electron chi connectivity index (χ3n) is 4.33. The molecule has 1 unspecified atom stereocenters. The van der Waals surface area contributed by atoms with E-state index >= 15 is 0 Å². The van der Waals surface area contributed by atoms with Gasteiger partial charge in [-0.05, 0) is 30.7 Å². The normalized spacial score (nSPS) is 15.1. The molecule has 1 aromatic carbocycles. The molecular formula is C21H27N3O6. The SMILES string of the molecule is COc1cc(C(=O)NC(=O)NC2=CC(NC(=O)C(C)C)CC=C2)cc(OC)c1OC. The molecule has 3 N–H and O–H groups in total. The molecule has 1 aliphatic rings. The molecule has 9 nitrogen and oxygen atoms in total. The minimum Gasteiger partial charge on any atom is -0.493 e. The maximum atomic E-state index is 12.5. The molecule has 2 rings (SSSR count). The lowest BCUT2D eigenvalue weighted by atomic mass is 10.1. The Morgan fingerprint density at radius 1 is 1.03 bits per heavy atom. The van der Waals surface area contributed by atoms with E-state index in [1.54, 1.807) is 26.0 Å². The summed E-state index contributed by atoms with van der Waals surface area (Å²) in [5.41, 5.74) is 0.639. The molecule has 9 heteroatoms. The zero-order valence-corrected chi connectivity index (χ0v) is 17.7. The molecule has 0 aliphatic heterocycles. The van der Waals surface area contributed by atoms with Crippen LogP contribution in [-0.4, -0.2) is 45.2 Å². The summed E-state index contributed by atoms with van der Waals surface area (Å²) in [6, 6.07) is 1.95. The number of methoxy groups -OCH3 is 3. The standard InChI is InChI=1S/C21H27N3O6/c1-12(2)19(25)22-14-7-6-8-15(11-14)23-21(27)24-20(26)13-9-16(28-3)18(30-5)17(10-13)29-4/h6,8-12,14H,7H2,1-5H3,(H,22,25)(H2,23,24,26,27). The van der Waals surface area contributed by atoms with Crippen molar-refractivity contribution in [1.82, 2.24) is 16.0 Å². The zero-order chi connectivity index (χ0) is 22.3. The van der Waals surface area contributed by atoms with Crippen LogP contribution >= 0.6 is 0 Å². The molecular weight excluding hydrogens is 390 g/mol. The Bertz CT molecular complexity index is 850. The highest BCUT2D eigenvalue weighted by Crippen LogP contribution is 2.38. The lowest BCUT2D eigenvalue weighted by Crippen LogP contribution is -2.41. The Kier molecular flexibility index (Phi) is 7.85. The summed E-state index contributed by atoms with van der Waals surface area (Å²) in [6.07, 6.45) is 5.89. The number of imide groups is 1. The predicted octanol–water partition coefficient (Wildman–Crippen LogP) is 2.14. The lowest BCUT2D eigenvalue weighted by molar-refractivity contribution is -0.124. The van der Waals surface area contributed by atoms with Crippen molar-refractivity contribution in [3.05, 3.63) is 41.6 Å². The number of carbonyl (C=O) groups excluding carboxylic acids is 3. The fraction of sp³-hybridized carbons (Fsp3) is 0.381. The van der Waals surface area contributed by atoms with Gasteiger partial charge in [-0.15, -0.1) is 0 Å². The van der Waals surface area contributed by atoms with Gasteiger partial charge in [0.1, 0.15) is 0 Å². The van der Waals surface area contributed by atoms with E-state index in [-0.39, 0.29) is 23.4 Å². The first-order valence-electron chi connectivity index (χ1n) is 9.40. The number of hydrogen-bond donors (Lipinski definition) is 3. The van der Waals surface area contributed by atoms with Crippen molar-refractivity contribution in [2.45, 2.75) is 26.3 Å². The van der Waals surface area contributed by atoms with Crippen LogP contribution in [-0.2, 0) is 4.79 Å². The van der Waals surface area contributed by atoms with Gasteiger partial charge in [0.05, 0.1) is 27.4 Å². The second kappa shape index (κ2) is 10.3. The first kappa shape index (κ1) is 22.8. The van der Waals surface area contributed by atoms with E-state index in [0.29, 0.717) is 29.4 Å². The molecule has 0 bridgehead atoms. The van der Waals surface area contributed by atoms with Crippen LogP contribution in [0.15, 0.2) is 36.1 Å². The molecule has 0 radical (unpaired) electrons. The smallest absolute Gasteiger partial charge is 0.326 e. The minimum atomic E-state index is -0.708. The summed E-state index contributed by atoms with van der Waals surface area (Å²) in [4.78, 5) is 36.6. The molecule has 0 spiro atoms. The quantitative estimate of drug-likeness (QED) is 0.626. The lowest BCUT2D eigenvalue weighted by Gasteiger charge is -2.20. The van der Waals surface area contributed by atoms with Crippen LogP contribution in [0.4, 0.5) is 4.79 Å². The fourth-order valence-corrected chi connectivity index (χ4v) is 2.77. The van der Waals surface area contributed by atoms with Gasteiger partial charge in [0, 0.05) is 17.2 Å². The van der Waals surface area contributed by atoms with E-state index in [0.717, 1.165) is 0 Å². The number of rotatable bonds is 7. The summed E-state index contributed by atoms with van der Waals surface area (Å²) in [5, 5.41) is 7.73. The molecule has 4 amide bonds. The number of urea groups is 1. The van der Waals surface area contributed by atoms with Gasteiger partial charge in [-0.25, -0.2) is 4.79 Å². The zero-order valence-electron chi connectivity index (χ0n) is 17.7. The molecule has 0 heterocycles. The average molecular weight is 417 g/mol. The Labute approximate surface area is 175 Å². The first-order valence-corrected chi connectivity index (χ1v) is 9.40. The summed E-state index contributed by atoms with van der Waals surface area (Å²) in [5.74, 6) is 0.0750. The van der Waals surface area contributed by atoms with Gasteiger partial charge >= 0.3 is 6.03 Å². The summed E-state index contributed by atoms with van der Waals surface area (Å²) < 4.78 is 15.7. The Balaban J connectivity index is 2.06. The highest BCUT2D eigenvalue weighted by molar-refractivity contribution is 6.05. The van der Waals surface area contributed by atoms with Crippen LogP contribution in [0.5, 0.6) is 17.2 Å². The van der Waals surface area contributed by atoms with Crippen LogP contribution in [0.25, 0.3) is 0 Å². The van der Waals surface area contributed by atoms with Crippen molar-refractivity contribution >= 4 is 17.8 Å². The molecule has 0 saturated heterocycles. The third kappa shape index (κ3) is 5.76. The monoisotopic (exact) mass is 417 g/mol. The number of ether oxygens (including phenoxy) is 3. The van der Waals surface area contributed by atoms with Crippen molar-refractivity contribution in [3.8, 4) is 17.2 Å². The second-order valence-corrected chi connectivity index (χ2v) is 6.85. The molecule has 30 heavy (non-hydrogen) atoms. The molecule has 0 aromatic heterocycles. The number of benzene rings is 1. The van der Waals surface area contributed by atoms with Gasteiger partial charge in [-0.3, -0.25) is 14.9 Å². The largest absolute Gasteiger partial charge is 0.493 e. The Morgan fingerprint density at radius 3 is 2.20 bits per heavy atom. The van der Waals surface area contributed by atoms with Crippen molar-refractivity contribution in [2.75, 3.05) is 21.3 Å². The number of carbonyl (C=O) groups is 3. The van der Waals surface area contributed by atoms with Gasteiger partial charge in [-0.1, -0.05) is 19.9 Å². The van der Waals surface area contributed by atoms with Crippen LogP contribution in [0.2, 0.25) is 0 Å². The van der Waals surface area contributed by atoms with Gasteiger partial charge in [0.25, 0.3) is 5.91 Å². The van der Waals surface area contributed by atoms with Crippen LogP contribution in [0.3, 0.4) is 0 Å². The highest BCUT2D eigenvalue weighted by atomic mass is 16.5. The molecule has 162 valence electrons. The van der Waals surface area contributed by atoms with Crippen molar-refractivity contribution < 1.29 is 28.6 Å². The van der Waals surface area contributed by atoms with Crippen LogP contribution < -0.4 is 30.2 Å². The minimum absolute atomic E-state index is 0.0760. The van der Waals surface area contributed by atoms with Crippen molar-refractivity contribution in [3.63, 3.8) is 0 Å². The fourth-order valence-electron chi connectivity index (χ4n) is 2.77. The highest BCUT2D eigenvalue weighted by Gasteiger charge is 2.20. The van der Waals surface area contributed by atoms with E-state index in [1.807, 2.05) is 6.08 Å². The summed E-state index contributed by atoms with van der Waals surface area (Å²) >= 11 is 0. The van der Waals surface area contributed by atoms with Gasteiger partial charge in [0.15, 0.2) is 11.5 Å². The molecule has 0 saturated carbocycles. The second-order valence-electron chi connectivity index (χ2n) is 6.85. The van der Waals surface area contributed by atoms with Gasteiger partial charge in [-0.2, -0.15) is 0 Å². The molecule has 1 atom stereocenters. The van der Waals surface area contributed by atoms with Crippen LogP contribution in [0, 0.1) is 5.92 Å². The maximum Gasteiger partial charge on any atom is 0.326 e. The maximum absolute atomic E-state index is 12.5. The molecule has 0 fully saturated rings. The Hall–Kier alpha value is -3.49. The summed E-state index contributed by atoms with van der Waals surface area (Å²) in [6.45, 7) is 3.61. The van der Waals surface area contributed by atoms with E-state index in [9.17, 15) is 14.4 Å². The number of allylic oxidation sites excluding steroid dienone is 1. The van der Waals surface area contributed by atoms with E-state index in [4.69, 9.17) is 14.2 Å². The van der Waals surface area contributed by atoms with E-state index < -0.39 is 11.9 Å². The molecule has 1 aliphatic carbocycles. The topological polar surface area (TPSA) is 115 Å². The van der Waals surface area contributed by atoms with Gasteiger partial charge in [0.2, 0.25) is 11.7 Å². The molecule has 1 aromatic rings. The predicted molar refractivity (Wildman–Crippen MR) is 111 cm³/mol. The number of amides is 4. The van der Waals surface area contributed by atoms with Gasteiger partial charge < -0.3 is 24.8 Å². The van der Waals surface area contributed by atoms with E-state index in [1.165, 1.54) is 33.5 Å².